The van der Waals surface area contributed by atoms with E-state index in [2.05, 4.69) is 22.9 Å². The van der Waals surface area contributed by atoms with E-state index in [4.69, 9.17) is 39.6 Å². The molecule has 8 N–H and O–H groups in total. The third-order valence-electron chi connectivity index (χ3n) is 0.667. The van der Waals surface area contributed by atoms with Crippen LogP contribution in [0.25, 0.3) is 0 Å². The fraction of sp³-hybridized carbons (Fsp3) is 0.500. The third-order valence-corrected chi connectivity index (χ3v) is 0.667. The van der Waals surface area contributed by atoms with Gasteiger partial charge in [-0.2, -0.15) is 0 Å². The molecule has 0 aliphatic rings. The summed E-state index contributed by atoms with van der Waals surface area (Å²) in [5.74, 6) is -4.87. The van der Waals surface area contributed by atoms with Crippen molar-refractivity contribution in [1.82, 2.24) is 0 Å². The number of hydrogen-bond acceptors (Lipinski definition) is 12. The number of carboxylic acid groups (broad SMARTS) is 4. The molecule has 0 rings (SSSR count). The van der Waals surface area contributed by atoms with Crippen molar-refractivity contribution in [1.29, 1.82) is 0 Å². The first-order valence-corrected chi connectivity index (χ1v) is 4.68. The van der Waals surface area contributed by atoms with Crippen LogP contribution in [0.4, 0.5) is 0 Å². The molecule has 0 saturated carbocycles. The van der Waals surface area contributed by atoms with Crippen LogP contribution in [0.2, 0.25) is 0 Å². The van der Waals surface area contributed by atoms with E-state index in [0.717, 1.165) is 0 Å². The van der Waals surface area contributed by atoms with E-state index in [1.165, 1.54) is 0 Å². The topological polar surface area (TPSA) is 265 Å². The van der Waals surface area contributed by atoms with Crippen LogP contribution in [0.5, 0.6) is 0 Å². The summed E-state index contributed by atoms with van der Waals surface area (Å²) in [6.45, 7) is -1.56. The Morgan fingerprint density at radius 3 is 0.591 bits per heavy atom. The van der Waals surface area contributed by atoms with Crippen LogP contribution in [-0.2, 0) is 19.2 Å². The normalized spacial score (nSPS) is 6.73. The Labute approximate surface area is 159 Å². The predicted octanol–water partition coefficient (Wildman–Crippen LogP) is -12.6. The minimum atomic E-state index is -1.22. The van der Waals surface area contributed by atoms with Gasteiger partial charge in [-0.1, -0.05) is 0 Å². The quantitative estimate of drug-likeness (QED) is 0.345. The maximum absolute atomic E-state index is 9.13. The van der Waals surface area contributed by atoms with Gasteiger partial charge >= 0.3 is 46.9 Å². The average Bonchev–Trinajstić information content (AvgIpc) is 2.40. The maximum atomic E-state index is 9.13. The summed E-state index contributed by atoms with van der Waals surface area (Å²) < 4.78 is 0. The molecule has 0 aromatic carbocycles. The summed E-state index contributed by atoms with van der Waals surface area (Å²) in [7, 11) is 0. The number of carbonyl (C=O) groups is 4. The van der Waals surface area contributed by atoms with Crippen molar-refractivity contribution in [2.75, 3.05) is 26.2 Å². The maximum Gasteiger partial charge on any atom is 3.00 e. The summed E-state index contributed by atoms with van der Waals surface area (Å²) in [4.78, 5) is 36.5. The third kappa shape index (κ3) is 122. The first-order valence-electron chi connectivity index (χ1n) is 4.68. The molecule has 0 amide bonds. The van der Waals surface area contributed by atoms with Gasteiger partial charge in [0.2, 0.25) is 0 Å². The number of carbonyl (C=O) groups excluding carboxylic acids is 4. The molecule has 0 atom stereocenters. The molecule has 0 aliphatic carbocycles. The van der Waals surface area contributed by atoms with Crippen LogP contribution < -0.4 is 72.9 Å². The van der Waals surface area contributed by atoms with Crippen LogP contribution in [0.15, 0.2) is 0 Å². The smallest absolute Gasteiger partial charge is 0.549 e. The molecule has 0 radical (unpaired) electrons. The van der Waals surface area contributed by atoms with E-state index in [9.17, 15) is 0 Å². The zero-order valence-electron chi connectivity index (χ0n) is 12.0. The zero-order valence-corrected chi connectivity index (χ0v) is 15.1. The van der Waals surface area contributed by atoms with E-state index in [-0.39, 0.29) is 73.1 Å². The Balaban J connectivity index is -0.0000000376. The van der Waals surface area contributed by atoms with Crippen molar-refractivity contribution in [3.05, 3.63) is 0 Å². The number of carboxylic acids is 4. The molecule has 0 unspecified atom stereocenters. The molecule has 0 fully saturated rings. The summed E-state index contributed by atoms with van der Waals surface area (Å²) in [6, 6.07) is 0. The van der Waals surface area contributed by atoms with E-state index in [1.54, 1.807) is 0 Å². The molecule has 22 heavy (non-hydrogen) atoms. The van der Waals surface area contributed by atoms with E-state index in [0.29, 0.717) is 0 Å². The van der Waals surface area contributed by atoms with Crippen LogP contribution in [0.1, 0.15) is 0 Å². The van der Waals surface area contributed by atoms with Crippen molar-refractivity contribution >= 4 is 41.2 Å². The fourth-order valence-corrected chi connectivity index (χ4v) is 0. The molecular formula is C8H16AlN4NaO8. The van der Waals surface area contributed by atoms with Crippen molar-refractivity contribution in [3.8, 4) is 0 Å². The van der Waals surface area contributed by atoms with Gasteiger partial charge in [0.15, 0.2) is 0 Å². The molecule has 12 nitrogen and oxygen atoms in total. The van der Waals surface area contributed by atoms with E-state index in [1.807, 2.05) is 0 Å². The summed E-state index contributed by atoms with van der Waals surface area (Å²) in [5, 5.41) is 36.5. The minimum Gasteiger partial charge on any atom is -0.549 e. The van der Waals surface area contributed by atoms with Crippen molar-refractivity contribution in [3.63, 3.8) is 0 Å². The molecular weight excluding hydrogens is 330 g/mol. The number of rotatable bonds is 4. The first kappa shape index (κ1) is 37.5. The zero-order chi connectivity index (χ0) is 17.1. The van der Waals surface area contributed by atoms with Gasteiger partial charge in [-0.05, 0) is 0 Å². The monoisotopic (exact) mass is 346 g/mol. The van der Waals surface area contributed by atoms with Crippen molar-refractivity contribution < 1.29 is 69.2 Å². The van der Waals surface area contributed by atoms with Gasteiger partial charge in [-0.15, -0.1) is 0 Å². The Morgan fingerprint density at radius 2 is 0.591 bits per heavy atom. The Bertz CT molecular complexity index is 239. The largest absolute Gasteiger partial charge is 3.00 e. The van der Waals surface area contributed by atoms with E-state index >= 15 is 0 Å². The summed E-state index contributed by atoms with van der Waals surface area (Å²) in [5.41, 5.74) is 18.0. The molecule has 0 aliphatic heterocycles. The molecule has 0 bridgehead atoms. The van der Waals surface area contributed by atoms with Crippen LogP contribution in [0.3, 0.4) is 0 Å². The van der Waals surface area contributed by atoms with Gasteiger partial charge in [0.25, 0.3) is 0 Å². The second-order valence-corrected chi connectivity index (χ2v) is 2.30. The van der Waals surface area contributed by atoms with Gasteiger partial charge in [0.05, 0.1) is 23.9 Å². The Morgan fingerprint density at radius 1 is 0.545 bits per heavy atom. The van der Waals surface area contributed by atoms with Crippen molar-refractivity contribution in [2.24, 2.45) is 22.9 Å². The molecule has 0 spiro atoms. The number of aliphatic carboxylic acids is 4. The second-order valence-electron chi connectivity index (χ2n) is 2.30. The Kier molecular flexibility index (Phi) is 55.0. The van der Waals surface area contributed by atoms with Gasteiger partial charge in [-0.25, -0.2) is 0 Å². The molecule has 0 heterocycles. The minimum absolute atomic E-state index is 0. The molecule has 0 saturated heterocycles. The van der Waals surface area contributed by atoms with Crippen LogP contribution >= 0.6 is 0 Å². The van der Waals surface area contributed by atoms with Gasteiger partial charge in [-0.3, -0.25) is 0 Å². The number of hydrogen-bond donors (Lipinski definition) is 4. The van der Waals surface area contributed by atoms with Crippen LogP contribution in [-0.4, -0.2) is 67.4 Å². The number of nitrogens with two attached hydrogens (primary N) is 4. The molecule has 0 aromatic heterocycles. The standard InChI is InChI=1S/4C2H5NO2.Al.Na/c4*3-1-2(4)5;;/h4*1,3H2,(H,4,5);;/q;;;;+3;+1/p-4. The van der Waals surface area contributed by atoms with Crippen molar-refractivity contribution in [2.45, 2.75) is 0 Å². The average molecular weight is 346 g/mol. The van der Waals surface area contributed by atoms with E-state index < -0.39 is 23.9 Å². The van der Waals surface area contributed by atoms with Crippen LogP contribution in [0, 0.1) is 0 Å². The molecule has 120 valence electrons. The second kappa shape index (κ2) is 32.3. The summed E-state index contributed by atoms with van der Waals surface area (Å²) >= 11 is 0. The summed E-state index contributed by atoms with van der Waals surface area (Å²) in [6.07, 6.45) is 0. The molecule has 0 aromatic rings. The van der Waals surface area contributed by atoms with Gasteiger partial charge < -0.3 is 62.5 Å². The predicted molar refractivity (Wildman–Crippen MR) is 62.0 cm³/mol. The SMILES string of the molecule is NCC(=O)[O-].NCC(=O)[O-].NCC(=O)[O-].NCC(=O)[O-].[Al+3].[Na+]. The fourth-order valence-electron chi connectivity index (χ4n) is 0. The Hall–Kier alpha value is -0.748. The molecule has 14 heteroatoms. The van der Waals surface area contributed by atoms with Gasteiger partial charge in [0, 0.05) is 26.2 Å². The van der Waals surface area contributed by atoms with Gasteiger partial charge in [0.1, 0.15) is 0 Å². The first-order chi connectivity index (χ1) is 9.08.